The van der Waals surface area contributed by atoms with Gasteiger partial charge in [-0.1, -0.05) is 6.07 Å². The molecule has 0 aliphatic carbocycles. The molecule has 0 amide bonds. The van der Waals surface area contributed by atoms with E-state index in [0.717, 1.165) is 37.7 Å². The van der Waals surface area contributed by atoms with Crippen molar-refractivity contribution in [1.29, 1.82) is 0 Å². The zero-order valence-corrected chi connectivity index (χ0v) is 11.3. The van der Waals surface area contributed by atoms with E-state index < -0.39 is 0 Å². The second-order valence-corrected chi connectivity index (χ2v) is 5.19. The maximum absolute atomic E-state index is 10.9. The van der Waals surface area contributed by atoms with Gasteiger partial charge < -0.3 is 10.6 Å². The van der Waals surface area contributed by atoms with E-state index in [-0.39, 0.29) is 10.6 Å². The molecule has 19 heavy (non-hydrogen) atoms. The summed E-state index contributed by atoms with van der Waals surface area (Å²) < 4.78 is 0. The van der Waals surface area contributed by atoms with Crippen molar-refractivity contribution in [3.63, 3.8) is 0 Å². The molecule has 0 spiro atoms. The number of anilines is 1. The van der Waals surface area contributed by atoms with Crippen LogP contribution in [0.4, 0.5) is 11.4 Å². The zero-order valence-electron chi connectivity index (χ0n) is 11.3. The summed E-state index contributed by atoms with van der Waals surface area (Å²) in [5, 5.41) is 17.5. The van der Waals surface area contributed by atoms with Gasteiger partial charge in [-0.25, -0.2) is 0 Å². The SMILES string of the molecule is Cc1ccc(NCCC2CCCNC2)cc1[N+](=O)[O-]. The number of piperidine rings is 1. The van der Waals surface area contributed by atoms with Crippen LogP contribution in [-0.4, -0.2) is 24.6 Å². The van der Waals surface area contributed by atoms with Crippen LogP contribution in [-0.2, 0) is 0 Å². The van der Waals surface area contributed by atoms with Crippen LogP contribution in [0.15, 0.2) is 18.2 Å². The van der Waals surface area contributed by atoms with E-state index in [4.69, 9.17) is 0 Å². The number of nitrogens with one attached hydrogen (secondary N) is 2. The summed E-state index contributed by atoms with van der Waals surface area (Å²) in [6, 6.07) is 5.32. The average Bonchev–Trinajstić information content (AvgIpc) is 2.41. The van der Waals surface area contributed by atoms with Crippen molar-refractivity contribution in [1.82, 2.24) is 5.32 Å². The summed E-state index contributed by atoms with van der Waals surface area (Å²) in [6.07, 6.45) is 3.64. The highest BCUT2D eigenvalue weighted by atomic mass is 16.6. The molecule has 1 aromatic carbocycles. The highest BCUT2D eigenvalue weighted by Crippen LogP contribution is 2.22. The Bertz CT molecular complexity index is 442. The second-order valence-electron chi connectivity index (χ2n) is 5.19. The van der Waals surface area contributed by atoms with Crippen LogP contribution < -0.4 is 10.6 Å². The van der Waals surface area contributed by atoms with Gasteiger partial charge in [-0.15, -0.1) is 0 Å². The Labute approximate surface area is 113 Å². The van der Waals surface area contributed by atoms with E-state index in [9.17, 15) is 10.1 Å². The number of nitro benzene ring substituents is 1. The number of nitrogens with zero attached hydrogens (tertiary/aromatic N) is 1. The molecule has 1 aliphatic heterocycles. The van der Waals surface area contributed by atoms with Crippen molar-refractivity contribution < 1.29 is 4.92 Å². The van der Waals surface area contributed by atoms with Gasteiger partial charge in [0.05, 0.1) is 4.92 Å². The number of hydrogen-bond acceptors (Lipinski definition) is 4. The predicted octanol–water partition coefficient (Wildman–Crippen LogP) is 2.70. The number of benzene rings is 1. The maximum Gasteiger partial charge on any atom is 0.274 e. The molecule has 1 saturated heterocycles. The summed E-state index contributed by atoms with van der Waals surface area (Å²) >= 11 is 0. The Hall–Kier alpha value is -1.62. The van der Waals surface area contributed by atoms with Gasteiger partial charge in [-0.05, 0) is 51.3 Å². The van der Waals surface area contributed by atoms with Gasteiger partial charge in [0.15, 0.2) is 0 Å². The van der Waals surface area contributed by atoms with E-state index in [1.807, 2.05) is 6.07 Å². The third-order valence-corrected chi connectivity index (χ3v) is 3.69. The first-order valence-electron chi connectivity index (χ1n) is 6.86. The summed E-state index contributed by atoms with van der Waals surface area (Å²) in [5.41, 5.74) is 1.72. The first-order chi connectivity index (χ1) is 9.16. The van der Waals surface area contributed by atoms with Crippen LogP contribution in [0.5, 0.6) is 0 Å². The maximum atomic E-state index is 10.9. The molecule has 5 nitrogen and oxygen atoms in total. The van der Waals surface area contributed by atoms with Crippen molar-refractivity contribution in [3.8, 4) is 0 Å². The summed E-state index contributed by atoms with van der Waals surface area (Å²) in [7, 11) is 0. The van der Waals surface area contributed by atoms with Crippen molar-refractivity contribution in [2.75, 3.05) is 25.0 Å². The normalized spacial score (nSPS) is 19.1. The lowest BCUT2D eigenvalue weighted by molar-refractivity contribution is -0.385. The Morgan fingerprint density at radius 3 is 3.05 bits per heavy atom. The first kappa shape index (κ1) is 13.8. The molecular formula is C14H21N3O2. The van der Waals surface area contributed by atoms with Crippen LogP contribution in [0.1, 0.15) is 24.8 Å². The van der Waals surface area contributed by atoms with E-state index in [2.05, 4.69) is 10.6 Å². The summed E-state index contributed by atoms with van der Waals surface area (Å²) in [6.45, 7) is 4.85. The standard InChI is InChI=1S/C14H21N3O2/c1-11-4-5-13(9-14(11)17(18)19)16-8-6-12-3-2-7-15-10-12/h4-5,9,12,15-16H,2-3,6-8,10H2,1H3. The van der Waals surface area contributed by atoms with E-state index in [0.29, 0.717) is 5.56 Å². The number of rotatable bonds is 5. The third-order valence-electron chi connectivity index (χ3n) is 3.69. The number of hydrogen-bond donors (Lipinski definition) is 2. The van der Waals surface area contributed by atoms with Gasteiger partial charge >= 0.3 is 0 Å². The predicted molar refractivity (Wildman–Crippen MR) is 76.5 cm³/mol. The molecule has 2 N–H and O–H groups in total. The third kappa shape index (κ3) is 3.92. The van der Waals surface area contributed by atoms with Crippen molar-refractivity contribution in [2.24, 2.45) is 5.92 Å². The van der Waals surface area contributed by atoms with E-state index in [1.165, 1.54) is 12.8 Å². The average molecular weight is 263 g/mol. The fourth-order valence-electron chi connectivity index (χ4n) is 2.51. The lowest BCUT2D eigenvalue weighted by Crippen LogP contribution is -2.30. The lowest BCUT2D eigenvalue weighted by atomic mass is 9.96. The van der Waals surface area contributed by atoms with Gasteiger partial charge in [-0.2, -0.15) is 0 Å². The summed E-state index contributed by atoms with van der Waals surface area (Å²) in [5.74, 6) is 0.724. The van der Waals surface area contributed by atoms with Crippen LogP contribution in [0.25, 0.3) is 0 Å². The Kier molecular flexibility index (Phi) is 4.74. The molecule has 1 heterocycles. The molecular weight excluding hydrogens is 242 g/mol. The van der Waals surface area contributed by atoms with E-state index in [1.54, 1.807) is 19.1 Å². The minimum atomic E-state index is -0.328. The monoisotopic (exact) mass is 263 g/mol. The molecule has 1 aliphatic rings. The number of aryl methyl sites for hydroxylation is 1. The fraction of sp³-hybridized carbons (Fsp3) is 0.571. The molecule has 0 saturated carbocycles. The quantitative estimate of drug-likeness (QED) is 0.633. The molecule has 104 valence electrons. The van der Waals surface area contributed by atoms with Crippen LogP contribution >= 0.6 is 0 Å². The van der Waals surface area contributed by atoms with Crippen molar-refractivity contribution >= 4 is 11.4 Å². The minimum Gasteiger partial charge on any atom is -0.385 e. The van der Waals surface area contributed by atoms with E-state index >= 15 is 0 Å². The highest BCUT2D eigenvalue weighted by molar-refractivity contribution is 5.54. The second kappa shape index (κ2) is 6.52. The molecule has 1 atom stereocenters. The Morgan fingerprint density at radius 2 is 2.37 bits per heavy atom. The number of nitro groups is 1. The minimum absolute atomic E-state index is 0.185. The molecule has 2 rings (SSSR count). The van der Waals surface area contributed by atoms with Crippen molar-refractivity contribution in [2.45, 2.75) is 26.2 Å². The Balaban J connectivity index is 1.85. The van der Waals surface area contributed by atoms with Crippen LogP contribution in [0.2, 0.25) is 0 Å². The lowest BCUT2D eigenvalue weighted by Gasteiger charge is -2.22. The van der Waals surface area contributed by atoms with Gasteiger partial charge in [0, 0.05) is 23.9 Å². The highest BCUT2D eigenvalue weighted by Gasteiger charge is 2.13. The van der Waals surface area contributed by atoms with Crippen LogP contribution in [0, 0.1) is 23.0 Å². The first-order valence-corrected chi connectivity index (χ1v) is 6.86. The molecule has 1 aromatic rings. The van der Waals surface area contributed by atoms with Gasteiger partial charge in [0.2, 0.25) is 0 Å². The smallest absolute Gasteiger partial charge is 0.274 e. The fourth-order valence-corrected chi connectivity index (χ4v) is 2.51. The molecule has 1 unspecified atom stereocenters. The molecule has 0 radical (unpaired) electrons. The molecule has 0 bridgehead atoms. The largest absolute Gasteiger partial charge is 0.385 e. The Morgan fingerprint density at radius 1 is 1.53 bits per heavy atom. The molecule has 1 fully saturated rings. The molecule has 0 aromatic heterocycles. The van der Waals surface area contributed by atoms with Gasteiger partial charge in [0.25, 0.3) is 5.69 Å². The molecule has 5 heteroatoms. The topological polar surface area (TPSA) is 67.2 Å². The summed E-state index contributed by atoms with van der Waals surface area (Å²) in [4.78, 5) is 10.5. The zero-order chi connectivity index (χ0) is 13.7. The van der Waals surface area contributed by atoms with Gasteiger partial charge in [0.1, 0.15) is 0 Å². The van der Waals surface area contributed by atoms with Crippen molar-refractivity contribution in [3.05, 3.63) is 33.9 Å². The van der Waals surface area contributed by atoms with Crippen LogP contribution in [0.3, 0.4) is 0 Å². The van der Waals surface area contributed by atoms with Gasteiger partial charge in [-0.3, -0.25) is 10.1 Å².